The van der Waals surface area contributed by atoms with Gasteiger partial charge in [0, 0.05) is 6.61 Å². The number of hydrogen-bond donors (Lipinski definition) is 1. The second-order valence-corrected chi connectivity index (χ2v) is 3.13. The number of nitrogens with two attached hydrogens (primary N) is 1. The number of benzene rings is 1. The standard InChI is InChI=1S/C10H12ClNO3/c1-2-14-6-15-10(13)7-4-3-5-8(12)9(7)11/h3-5H,2,6,12H2,1H3. The number of esters is 1. The molecule has 0 radical (unpaired) electrons. The van der Waals surface area contributed by atoms with Gasteiger partial charge in [-0.1, -0.05) is 17.7 Å². The summed E-state index contributed by atoms with van der Waals surface area (Å²) in [6.07, 6.45) is 0. The Kier molecular flexibility index (Phi) is 4.39. The summed E-state index contributed by atoms with van der Waals surface area (Å²) in [5, 5.41) is 0.207. The van der Waals surface area contributed by atoms with E-state index in [2.05, 4.69) is 0 Å². The quantitative estimate of drug-likeness (QED) is 0.372. The normalized spacial score (nSPS) is 10.0. The Balaban J connectivity index is 2.69. The van der Waals surface area contributed by atoms with E-state index >= 15 is 0 Å². The summed E-state index contributed by atoms with van der Waals surface area (Å²) < 4.78 is 9.68. The van der Waals surface area contributed by atoms with Crippen LogP contribution in [0.15, 0.2) is 18.2 Å². The highest BCUT2D eigenvalue weighted by Crippen LogP contribution is 2.23. The van der Waals surface area contributed by atoms with Crippen molar-refractivity contribution in [2.24, 2.45) is 0 Å². The van der Waals surface area contributed by atoms with Crippen LogP contribution in [0.1, 0.15) is 17.3 Å². The highest BCUT2D eigenvalue weighted by atomic mass is 35.5. The zero-order valence-corrected chi connectivity index (χ0v) is 9.08. The molecular formula is C10H12ClNO3. The molecule has 0 atom stereocenters. The molecule has 0 saturated heterocycles. The van der Waals surface area contributed by atoms with Crippen LogP contribution in [0.5, 0.6) is 0 Å². The second kappa shape index (κ2) is 5.58. The summed E-state index contributed by atoms with van der Waals surface area (Å²) in [6.45, 7) is 2.21. The van der Waals surface area contributed by atoms with Crippen molar-refractivity contribution < 1.29 is 14.3 Å². The summed E-state index contributed by atoms with van der Waals surface area (Å²) in [5.74, 6) is -0.541. The van der Waals surface area contributed by atoms with Gasteiger partial charge in [0.15, 0.2) is 6.79 Å². The molecule has 82 valence electrons. The van der Waals surface area contributed by atoms with E-state index in [9.17, 15) is 4.79 Å². The van der Waals surface area contributed by atoms with E-state index in [1.54, 1.807) is 25.1 Å². The SMILES string of the molecule is CCOCOC(=O)c1cccc(N)c1Cl. The highest BCUT2D eigenvalue weighted by Gasteiger charge is 2.12. The first-order valence-electron chi connectivity index (χ1n) is 4.45. The first-order chi connectivity index (χ1) is 7.16. The zero-order valence-electron chi connectivity index (χ0n) is 8.33. The lowest BCUT2D eigenvalue weighted by Gasteiger charge is -2.06. The molecule has 0 aliphatic rings. The molecule has 0 bridgehead atoms. The van der Waals surface area contributed by atoms with Gasteiger partial charge in [-0.3, -0.25) is 0 Å². The Morgan fingerprint density at radius 3 is 2.93 bits per heavy atom. The molecule has 0 fully saturated rings. The zero-order chi connectivity index (χ0) is 11.3. The Bertz CT molecular complexity index is 355. The summed E-state index contributed by atoms with van der Waals surface area (Å²) >= 11 is 5.83. The molecule has 0 saturated carbocycles. The van der Waals surface area contributed by atoms with Gasteiger partial charge in [0.25, 0.3) is 0 Å². The van der Waals surface area contributed by atoms with Crippen LogP contribution >= 0.6 is 11.6 Å². The molecule has 4 nitrogen and oxygen atoms in total. The average Bonchev–Trinajstić information content (AvgIpc) is 2.22. The molecule has 0 aliphatic carbocycles. The number of nitrogen functional groups attached to an aromatic ring is 1. The van der Waals surface area contributed by atoms with Gasteiger partial charge in [0.05, 0.1) is 16.3 Å². The van der Waals surface area contributed by atoms with Crippen LogP contribution in [0.4, 0.5) is 5.69 Å². The molecule has 1 rings (SSSR count). The van der Waals surface area contributed by atoms with Crippen LogP contribution < -0.4 is 5.73 Å². The minimum absolute atomic E-state index is 0.0829. The van der Waals surface area contributed by atoms with Gasteiger partial charge in [-0.15, -0.1) is 0 Å². The predicted molar refractivity (Wildman–Crippen MR) is 57.8 cm³/mol. The van der Waals surface area contributed by atoms with Gasteiger partial charge < -0.3 is 15.2 Å². The molecule has 1 aromatic rings. The first-order valence-corrected chi connectivity index (χ1v) is 4.83. The average molecular weight is 230 g/mol. The number of ether oxygens (including phenoxy) is 2. The molecule has 0 amide bonds. The number of anilines is 1. The van der Waals surface area contributed by atoms with Crippen molar-refractivity contribution in [3.63, 3.8) is 0 Å². The van der Waals surface area contributed by atoms with E-state index < -0.39 is 5.97 Å². The van der Waals surface area contributed by atoms with E-state index in [0.717, 1.165) is 0 Å². The molecule has 0 unspecified atom stereocenters. The number of hydrogen-bond acceptors (Lipinski definition) is 4. The Morgan fingerprint density at radius 1 is 1.53 bits per heavy atom. The van der Waals surface area contributed by atoms with Crippen molar-refractivity contribution in [1.82, 2.24) is 0 Å². The van der Waals surface area contributed by atoms with Crippen LogP contribution in [0, 0.1) is 0 Å². The Hall–Kier alpha value is -1.26. The van der Waals surface area contributed by atoms with E-state index in [1.165, 1.54) is 0 Å². The number of carbonyl (C=O) groups excluding carboxylic acids is 1. The molecule has 2 N–H and O–H groups in total. The van der Waals surface area contributed by atoms with Gasteiger partial charge in [-0.05, 0) is 19.1 Å². The van der Waals surface area contributed by atoms with E-state index in [-0.39, 0.29) is 17.4 Å². The number of rotatable bonds is 4. The maximum Gasteiger partial charge on any atom is 0.341 e. The lowest BCUT2D eigenvalue weighted by Crippen LogP contribution is -2.09. The minimum Gasteiger partial charge on any atom is -0.435 e. The summed E-state index contributed by atoms with van der Waals surface area (Å²) in [5.41, 5.74) is 6.14. The number of halogens is 1. The summed E-state index contributed by atoms with van der Waals surface area (Å²) in [7, 11) is 0. The molecule has 15 heavy (non-hydrogen) atoms. The van der Waals surface area contributed by atoms with Gasteiger partial charge in [-0.2, -0.15) is 0 Å². The van der Waals surface area contributed by atoms with Gasteiger partial charge >= 0.3 is 5.97 Å². The lowest BCUT2D eigenvalue weighted by atomic mass is 10.2. The second-order valence-electron chi connectivity index (χ2n) is 2.75. The van der Waals surface area contributed by atoms with E-state index in [0.29, 0.717) is 12.3 Å². The third-order valence-corrected chi connectivity index (χ3v) is 2.15. The van der Waals surface area contributed by atoms with Gasteiger partial charge in [0.1, 0.15) is 0 Å². The molecule has 5 heteroatoms. The van der Waals surface area contributed by atoms with Crippen molar-refractivity contribution in [1.29, 1.82) is 0 Å². The van der Waals surface area contributed by atoms with Crippen LogP contribution in [0.2, 0.25) is 5.02 Å². The largest absolute Gasteiger partial charge is 0.435 e. The molecular weight excluding hydrogens is 218 g/mol. The van der Waals surface area contributed by atoms with Crippen LogP contribution in [-0.2, 0) is 9.47 Å². The molecule has 0 heterocycles. The first kappa shape index (κ1) is 11.8. The summed E-state index contributed by atoms with van der Waals surface area (Å²) in [4.78, 5) is 11.5. The van der Waals surface area contributed by atoms with Crippen LogP contribution in [0.25, 0.3) is 0 Å². The Labute approximate surface area is 92.9 Å². The molecule has 0 aliphatic heterocycles. The molecule has 1 aromatic carbocycles. The van der Waals surface area contributed by atoms with Crippen molar-refractivity contribution in [2.45, 2.75) is 6.92 Å². The van der Waals surface area contributed by atoms with Crippen molar-refractivity contribution in [3.8, 4) is 0 Å². The maximum absolute atomic E-state index is 11.5. The highest BCUT2D eigenvalue weighted by molar-refractivity contribution is 6.36. The summed E-state index contributed by atoms with van der Waals surface area (Å²) in [6, 6.07) is 4.80. The topological polar surface area (TPSA) is 61.5 Å². The molecule has 0 spiro atoms. The molecule has 0 aromatic heterocycles. The minimum atomic E-state index is -0.541. The van der Waals surface area contributed by atoms with Crippen LogP contribution in [0.3, 0.4) is 0 Å². The van der Waals surface area contributed by atoms with Gasteiger partial charge in [-0.25, -0.2) is 4.79 Å². The third kappa shape index (κ3) is 3.11. The fourth-order valence-electron chi connectivity index (χ4n) is 0.964. The Morgan fingerprint density at radius 2 is 2.27 bits per heavy atom. The van der Waals surface area contributed by atoms with E-state index in [1.807, 2.05) is 0 Å². The maximum atomic E-state index is 11.5. The number of carbonyl (C=O) groups is 1. The fraction of sp³-hybridized carbons (Fsp3) is 0.300. The van der Waals surface area contributed by atoms with Crippen LogP contribution in [-0.4, -0.2) is 19.4 Å². The van der Waals surface area contributed by atoms with Crippen molar-refractivity contribution >= 4 is 23.3 Å². The lowest BCUT2D eigenvalue weighted by molar-refractivity contribution is -0.0274. The third-order valence-electron chi connectivity index (χ3n) is 1.73. The van der Waals surface area contributed by atoms with Crippen molar-refractivity contribution in [3.05, 3.63) is 28.8 Å². The van der Waals surface area contributed by atoms with Gasteiger partial charge in [0.2, 0.25) is 0 Å². The van der Waals surface area contributed by atoms with E-state index in [4.69, 9.17) is 26.8 Å². The van der Waals surface area contributed by atoms with Crippen molar-refractivity contribution in [2.75, 3.05) is 19.1 Å². The fourth-order valence-corrected chi connectivity index (χ4v) is 1.17. The smallest absolute Gasteiger partial charge is 0.341 e. The monoisotopic (exact) mass is 229 g/mol. The predicted octanol–water partition coefficient (Wildman–Crippen LogP) is 2.07.